The predicted molar refractivity (Wildman–Crippen MR) is 72.0 cm³/mol. The van der Waals surface area contributed by atoms with E-state index in [1.165, 1.54) is 17.0 Å². The molecule has 1 aromatic carbocycles. The van der Waals surface area contributed by atoms with Crippen LogP contribution in [0, 0.1) is 0 Å². The number of rotatable bonds is 4. The van der Waals surface area contributed by atoms with Gasteiger partial charge in [0, 0.05) is 14.1 Å². The van der Waals surface area contributed by atoms with Gasteiger partial charge in [0.05, 0.1) is 5.02 Å². The second-order valence-corrected chi connectivity index (χ2v) is 6.10. The third kappa shape index (κ3) is 3.97. The number of ether oxygens (including phenoxy) is 1. The van der Waals surface area contributed by atoms with E-state index in [1.54, 1.807) is 14.1 Å². The maximum atomic E-state index is 11.3. The van der Waals surface area contributed by atoms with Gasteiger partial charge in [-0.05, 0) is 12.1 Å². The second kappa shape index (κ2) is 5.96. The number of likely N-dealkylation sites (N-methyl/N-ethyl adjacent to an activating group) is 1. The number of hydrogen-bond donors (Lipinski definition) is 1. The number of hydrogen-bond acceptors (Lipinski definition) is 4. The van der Waals surface area contributed by atoms with E-state index in [2.05, 4.69) is 0 Å². The smallest absolute Gasteiger partial charge is 0.259 e. The number of nitrogens with zero attached hydrogens (tertiary/aromatic N) is 1. The average Bonchev–Trinajstić information content (AvgIpc) is 2.28. The van der Waals surface area contributed by atoms with Gasteiger partial charge >= 0.3 is 0 Å². The minimum absolute atomic E-state index is 0.106. The second-order valence-electron chi connectivity index (χ2n) is 3.81. The molecular weight excluding hydrogens is 315 g/mol. The molecule has 1 rings (SSSR count). The zero-order valence-corrected chi connectivity index (χ0v) is 12.5. The first-order valence-electron chi connectivity index (χ1n) is 4.98. The Hall–Kier alpha value is -1.02. The molecule has 0 aromatic heterocycles. The molecule has 0 atom stereocenters. The summed E-state index contributed by atoms with van der Waals surface area (Å²) in [5.41, 5.74) is 0. The number of carbonyl (C=O) groups excluding carboxylic acids is 1. The van der Waals surface area contributed by atoms with Crippen LogP contribution in [0.25, 0.3) is 0 Å². The van der Waals surface area contributed by atoms with E-state index in [-0.39, 0.29) is 33.2 Å². The number of carbonyl (C=O) groups is 1. The highest BCUT2D eigenvalue weighted by molar-refractivity contribution is 7.89. The average molecular weight is 327 g/mol. The van der Waals surface area contributed by atoms with E-state index in [9.17, 15) is 13.2 Å². The minimum Gasteiger partial charge on any atom is -0.482 e. The van der Waals surface area contributed by atoms with Gasteiger partial charge in [-0.1, -0.05) is 23.2 Å². The molecule has 0 fully saturated rings. The molecule has 1 aromatic rings. The normalized spacial score (nSPS) is 11.2. The number of benzene rings is 1. The Morgan fingerprint density at radius 1 is 1.32 bits per heavy atom. The van der Waals surface area contributed by atoms with Crippen molar-refractivity contribution in [3.63, 3.8) is 0 Å². The first-order chi connectivity index (χ1) is 8.64. The van der Waals surface area contributed by atoms with E-state index < -0.39 is 10.0 Å². The monoisotopic (exact) mass is 326 g/mol. The lowest BCUT2D eigenvalue weighted by atomic mass is 10.3. The summed E-state index contributed by atoms with van der Waals surface area (Å²) in [6.07, 6.45) is 0. The van der Waals surface area contributed by atoms with Gasteiger partial charge in [0.15, 0.2) is 6.61 Å². The Balaban J connectivity index is 3.01. The largest absolute Gasteiger partial charge is 0.482 e. The summed E-state index contributed by atoms with van der Waals surface area (Å²) < 4.78 is 27.6. The van der Waals surface area contributed by atoms with E-state index in [1.807, 2.05) is 0 Å². The van der Waals surface area contributed by atoms with Crippen LogP contribution in [0.15, 0.2) is 17.0 Å². The third-order valence-electron chi connectivity index (χ3n) is 2.17. The number of nitrogens with two attached hydrogens (primary N) is 1. The lowest BCUT2D eigenvalue weighted by Gasteiger charge is -2.13. The number of halogens is 2. The van der Waals surface area contributed by atoms with Gasteiger partial charge in [0.1, 0.15) is 15.7 Å². The summed E-state index contributed by atoms with van der Waals surface area (Å²) in [4.78, 5) is 12.4. The third-order valence-corrected chi connectivity index (χ3v) is 4.10. The Morgan fingerprint density at radius 3 is 2.37 bits per heavy atom. The molecule has 1 amide bonds. The van der Waals surface area contributed by atoms with Gasteiger partial charge in [0.25, 0.3) is 5.91 Å². The molecule has 0 bridgehead atoms. The Kier molecular flexibility index (Phi) is 5.03. The van der Waals surface area contributed by atoms with Crippen molar-refractivity contribution < 1.29 is 17.9 Å². The van der Waals surface area contributed by atoms with Crippen LogP contribution in [-0.4, -0.2) is 39.9 Å². The van der Waals surface area contributed by atoms with Crippen LogP contribution >= 0.6 is 23.2 Å². The highest BCUT2D eigenvalue weighted by Gasteiger charge is 2.19. The quantitative estimate of drug-likeness (QED) is 0.897. The zero-order chi connectivity index (χ0) is 14.8. The lowest BCUT2D eigenvalue weighted by Crippen LogP contribution is -2.27. The summed E-state index contributed by atoms with van der Waals surface area (Å²) in [7, 11) is -0.817. The van der Waals surface area contributed by atoms with Crippen molar-refractivity contribution in [1.82, 2.24) is 4.90 Å². The molecule has 9 heteroatoms. The molecule has 0 aliphatic rings. The van der Waals surface area contributed by atoms with Gasteiger partial charge in [-0.25, -0.2) is 13.6 Å². The summed E-state index contributed by atoms with van der Waals surface area (Å²) >= 11 is 11.7. The van der Waals surface area contributed by atoms with Crippen LogP contribution in [0.3, 0.4) is 0 Å². The fourth-order valence-electron chi connectivity index (χ4n) is 1.11. The maximum Gasteiger partial charge on any atom is 0.259 e. The Morgan fingerprint density at radius 2 is 1.89 bits per heavy atom. The molecule has 0 aliphatic carbocycles. The summed E-state index contributed by atoms with van der Waals surface area (Å²) in [5.74, 6) is -0.169. The standard InChI is InChI=1S/C10H12Cl2N2O4S/c1-14(2)8(15)5-18-6-3-4-7(19(13,16)17)10(12)9(6)11/h3-4H,5H2,1-2H3,(H2,13,16,17). The van der Waals surface area contributed by atoms with Crippen LogP contribution in [0.2, 0.25) is 10.0 Å². The lowest BCUT2D eigenvalue weighted by molar-refractivity contribution is -0.130. The van der Waals surface area contributed by atoms with Crippen molar-refractivity contribution in [3.05, 3.63) is 22.2 Å². The molecular formula is C10H12Cl2N2O4S. The summed E-state index contributed by atoms with van der Waals surface area (Å²) in [6, 6.07) is 2.45. The molecule has 0 heterocycles. The molecule has 0 saturated carbocycles. The van der Waals surface area contributed by atoms with Gasteiger partial charge < -0.3 is 9.64 Å². The van der Waals surface area contributed by atoms with Crippen LogP contribution in [-0.2, 0) is 14.8 Å². The molecule has 106 valence electrons. The van der Waals surface area contributed by atoms with Crippen molar-refractivity contribution in [2.45, 2.75) is 4.90 Å². The molecule has 2 N–H and O–H groups in total. The topological polar surface area (TPSA) is 89.7 Å². The van der Waals surface area contributed by atoms with Gasteiger partial charge in [-0.3, -0.25) is 4.79 Å². The minimum atomic E-state index is -3.96. The SMILES string of the molecule is CN(C)C(=O)COc1ccc(S(N)(=O)=O)c(Cl)c1Cl. The van der Waals surface area contributed by atoms with Gasteiger partial charge in [0.2, 0.25) is 10.0 Å². The highest BCUT2D eigenvalue weighted by atomic mass is 35.5. The van der Waals surface area contributed by atoms with Crippen molar-refractivity contribution in [1.29, 1.82) is 0 Å². The molecule has 0 unspecified atom stereocenters. The van der Waals surface area contributed by atoms with E-state index in [4.69, 9.17) is 33.1 Å². The van der Waals surface area contributed by atoms with E-state index in [0.29, 0.717) is 0 Å². The Labute approximate surface area is 121 Å². The van der Waals surface area contributed by atoms with Gasteiger partial charge in [-0.15, -0.1) is 0 Å². The van der Waals surface area contributed by atoms with Crippen LogP contribution < -0.4 is 9.88 Å². The predicted octanol–water partition coefficient (Wildman–Crippen LogP) is 1.11. The zero-order valence-electron chi connectivity index (χ0n) is 10.2. The first kappa shape index (κ1) is 16.0. The molecule has 19 heavy (non-hydrogen) atoms. The summed E-state index contributed by atoms with van der Waals surface area (Å²) in [5, 5.41) is 4.62. The Bertz CT molecular complexity index is 602. The van der Waals surface area contributed by atoms with Crippen molar-refractivity contribution in [2.75, 3.05) is 20.7 Å². The molecule has 6 nitrogen and oxygen atoms in total. The first-order valence-corrected chi connectivity index (χ1v) is 7.28. The fraction of sp³-hybridized carbons (Fsp3) is 0.300. The number of primary sulfonamides is 1. The van der Waals surface area contributed by atoms with Crippen LogP contribution in [0.5, 0.6) is 5.75 Å². The summed E-state index contributed by atoms with van der Waals surface area (Å²) in [6.45, 7) is -0.238. The van der Waals surface area contributed by atoms with Crippen LogP contribution in [0.4, 0.5) is 0 Å². The van der Waals surface area contributed by atoms with Crippen molar-refractivity contribution in [2.24, 2.45) is 5.14 Å². The van der Waals surface area contributed by atoms with E-state index >= 15 is 0 Å². The fourth-order valence-corrected chi connectivity index (χ4v) is 2.48. The van der Waals surface area contributed by atoms with E-state index in [0.717, 1.165) is 0 Å². The molecule has 0 spiro atoms. The maximum absolute atomic E-state index is 11.3. The number of sulfonamides is 1. The van der Waals surface area contributed by atoms with Crippen molar-refractivity contribution >= 4 is 39.1 Å². The highest BCUT2D eigenvalue weighted by Crippen LogP contribution is 2.36. The number of amides is 1. The molecule has 0 aliphatic heterocycles. The molecule has 0 radical (unpaired) electrons. The van der Waals surface area contributed by atoms with Gasteiger partial charge in [-0.2, -0.15) is 0 Å². The van der Waals surface area contributed by atoms with Crippen molar-refractivity contribution in [3.8, 4) is 5.75 Å². The van der Waals surface area contributed by atoms with Crippen LogP contribution in [0.1, 0.15) is 0 Å². The molecule has 0 saturated heterocycles.